The lowest BCUT2D eigenvalue weighted by atomic mass is 10.2. The van der Waals surface area contributed by atoms with E-state index in [2.05, 4.69) is 26.5 Å². The van der Waals surface area contributed by atoms with E-state index in [9.17, 15) is 4.79 Å². The molecule has 0 saturated heterocycles. The fourth-order valence-corrected chi connectivity index (χ4v) is 1.64. The zero-order valence-electron chi connectivity index (χ0n) is 9.06. The Morgan fingerprint density at radius 3 is 2.61 bits per heavy atom. The van der Waals surface area contributed by atoms with Gasteiger partial charge in [-0.25, -0.2) is 5.43 Å². The van der Waals surface area contributed by atoms with Crippen molar-refractivity contribution in [3.8, 4) is 0 Å². The Bertz CT molecular complexity index is 578. The van der Waals surface area contributed by atoms with Crippen molar-refractivity contribution < 1.29 is 9.21 Å². The second-order valence-corrected chi connectivity index (χ2v) is 4.57. The Kier molecular flexibility index (Phi) is 4.17. The molecule has 6 heteroatoms. The van der Waals surface area contributed by atoms with E-state index >= 15 is 0 Å². The molecule has 2 aromatic rings. The van der Waals surface area contributed by atoms with E-state index in [4.69, 9.17) is 16.0 Å². The van der Waals surface area contributed by atoms with Crippen LogP contribution in [-0.4, -0.2) is 12.1 Å². The number of nitrogens with zero attached hydrogens (tertiary/aromatic N) is 1. The van der Waals surface area contributed by atoms with Crippen molar-refractivity contribution >= 4 is 39.7 Å². The number of halogens is 2. The summed E-state index contributed by atoms with van der Waals surface area (Å²) in [6.07, 6.45) is 1.52. The van der Waals surface area contributed by atoms with Gasteiger partial charge in [0.25, 0.3) is 0 Å². The Hall–Kier alpha value is -1.59. The third-order valence-electron chi connectivity index (χ3n) is 2.05. The molecule has 0 aliphatic carbocycles. The maximum atomic E-state index is 11.5. The predicted molar refractivity (Wildman–Crippen MR) is 72.9 cm³/mol. The molecule has 0 bridgehead atoms. The zero-order chi connectivity index (χ0) is 13.0. The minimum atomic E-state index is -0.411. The van der Waals surface area contributed by atoms with Crippen molar-refractivity contribution in [2.75, 3.05) is 0 Å². The number of carbonyl (C=O) groups excluding carboxylic acids is 1. The number of hydrogen-bond donors (Lipinski definition) is 1. The highest BCUT2D eigenvalue weighted by Gasteiger charge is 2.08. The number of hydrogen-bond acceptors (Lipinski definition) is 3. The van der Waals surface area contributed by atoms with Crippen LogP contribution in [0.4, 0.5) is 0 Å². The third kappa shape index (κ3) is 3.45. The first-order valence-corrected chi connectivity index (χ1v) is 6.16. The molecule has 18 heavy (non-hydrogen) atoms. The van der Waals surface area contributed by atoms with Gasteiger partial charge in [-0.05, 0) is 45.8 Å². The Labute approximate surface area is 117 Å². The lowest BCUT2D eigenvalue weighted by Crippen LogP contribution is -2.16. The maximum Gasteiger partial charge on any atom is 0.307 e. The van der Waals surface area contributed by atoms with Gasteiger partial charge < -0.3 is 4.42 Å². The average molecular weight is 328 g/mol. The van der Waals surface area contributed by atoms with Crippen molar-refractivity contribution in [3.63, 3.8) is 0 Å². The molecule has 1 N–H and O–H groups in total. The minimum absolute atomic E-state index is 0.190. The average Bonchev–Trinajstić information content (AvgIpc) is 2.78. The van der Waals surface area contributed by atoms with Gasteiger partial charge in [-0.1, -0.05) is 23.7 Å². The molecule has 2 rings (SSSR count). The van der Waals surface area contributed by atoms with Gasteiger partial charge in [0.15, 0.2) is 10.4 Å². The molecule has 1 aromatic heterocycles. The summed E-state index contributed by atoms with van der Waals surface area (Å²) in [6.45, 7) is 0. The first-order chi connectivity index (χ1) is 8.65. The molecular formula is C12H8BrClN2O2. The van der Waals surface area contributed by atoms with Crippen LogP contribution in [0.15, 0.2) is 50.6 Å². The van der Waals surface area contributed by atoms with Gasteiger partial charge in [0.1, 0.15) is 0 Å². The maximum absolute atomic E-state index is 11.5. The van der Waals surface area contributed by atoms with Gasteiger partial charge in [-0.2, -0.15) is 5.10 Å². The van der Waals surface area contributed by atoms with Crippen molar-refractivity contribution in [1.29, 1.82) is 0 Å². The standard InChI is InChI=1S/C12H8BrClN2O2/c13-11-6-5-10(18-11)12(17)16-15-7-8-1-3-9(14)4-2-8/h1-7H,(H,16,17). The molecule has 0 saturated carbocycles. The quantitative estimate of drug-likeness (QED) is 0.693. The number of rotatable bonds is 3. The van der Waals surface area contributed by atoms with Gasteiger partial charge in [0, 0.05) is 5.02 Å². The molecule has 0 spiro atoms. The Morgan fingerprint density at radius 1 is 1.28 bits per heavy atom. The van der Waals surface area contributed by atoms with Crippen LogP contribution in [0.3, 0.4) is 0 Å². The number of carbonyl (C=O) groups is 1. The first kappa shape index (κ1) is 12.9. The summed E-state index contributed by atoms with van der Waals surface area (Å²) >= 11 is 8.86. The van der Waals surface area contributed by atoms with E-state index in [0.717, 1.165) is 5.56 Å². The molecule has 1 heterocycles. The van der Waals surface area contributed by atoms with Crippen LogP contribution in [0, 0.1) is 0 Å². The molecule has 92 valence electrons. The molecule has 0 aliphatic rings. The number of benzene rings is 1. The molecule has 1 aromatic carbocycles. The summed E-state index contributed by atoms with van der Waals surface area (Å²) in [5.41, 5.74) is 3.19. The first-order valence-electron chi connectivity index (χ1n) is 4.99. The molecule has 1 amide bonds. The number of hydrazone groups is 1. The number of nitrogens with one attached hydrogen (secondary N) is 1. The molecule has 0 radical (unpaired) electrons. The van der Waals surface area contributed by atoms with Crippen LogP contribution in [-0.2, 0) is 0 Å². The minimum Gasteiger partial charge on any atom is -0.444 e. The molecular weight excluding hydrogens is 320 g/mol. The second kappa shape index (κ2) is 5.84. The van der Waals surface area contributed by atoms with E-state index in [0.29, 0.717) is 9.69 Å². The van der Waals surface area contributed by atoms with Gasteiger partial charge in [0.2, 0.25) is 0 Å². The molecule has 0 aliphatic heterocycles. The smallest absolute Gasteiger partial charge is 0.307 e. The highest BCUT2D eigenvalue weighted by molar-refractivity contribution is 9.10. The van der Waals surface area contributed by atoms with Crippen LogP contribution in [0.2, 0.25) is 5.02 Å². The van der Waals surface area contributed by atoms with E-state index in [1.165, 1.54) is 6.21 Å². The zero-order valence-corrected chi connectivity index (χ0v) is 11.4. The fourth-order valence-electron chi connectivity index (χ4n) is 1.21. The van der Waals surface area contributed by atoms with E-state index < -0.39 is 5.91 Å². The van der Waals surface area contributed by atoms with Crippen molar-refractivity contribution in [3.05, 3.63) is 57.4 Å². The number of amides is 1. The van der Waals surface area contributed by atoms with Crippen LogP contribution in [0.25, 0.3) is 0 Å². The lowest BCUT2D eigenvalue weighted by molar-refractivity contribution is 0.0926. The molecule has 0 unspecified atom stereocenters. The highest BCUT2D eigenvalue weighted by Crippen LogP contribution is 2.13. The van der Waals surface area contributed by atoms with E-state index in [1.54, 1.807) is 36.4 Å². The van der Waals surface area contributed by atoms with Gasteiger partial charge in [-0.15, -0.1) is 0 Å². The van der Waals surface area contributed by atoms with E-state index in [1.807, 2.05) is 0 Å². The summed E-state index contributed by atoms with van der Waals surface area (Å²) in [4.78, 5) is 11.5. The van der Waals surface area contributed by atoms with Crippen LogP contribution in [0.5, 0.6) is 0 Å². The van der Waals surface area contributed by atoms with Crippen LogP contribution in [0.1, 0.15) is 16.1 Å². The largest absolute Gasteiger partial charge is 0.444 e. The summed E-state index contributed by atoms with van der Waals surface area (Å²) in [7, 11) is 0. The highest BCUT2D eigenvalue weighted by atomic mass is 79.9. The Balaban J connectivity index is 1.95. The number of furan rings is 1. The summed E-state index contributed by atoms with van der Waals surface area (Å²) in [5.74, 6) is -0.221. The Morgan fingerprint density at radius 2 is 2.00 bits per heavy atom. The predicted octanol–water partition coefficient (Wildman–Crippen LogP) is 3.46. The molecule has 0 atom stereocenters. The van der Waals surface area contributed by atoms with Crippen molar-refractivity contribution in [2.45, 2.75) is 0 Å². The third-order valence-corrected chi connectivity index (χ3v) is 2.72. The second-order valence-electron chi connectivity index (χ2n) is 3.35. The van der Waals surface area contributed by atoms with Crippen LogP contribution < -0.4 is 5.43 Å². The van der Waals surface area contributed by atoms with Gasteiger partial charge in [-0.3, -0.25) is 4.79 Å². The fraction of sp³-hybridized carbons (Fsp3) is 0. The molecule has 4 nitrogen and oxygen atoms in total. The molecule has 0 fully saturated rings. The monoisotopic (exact) mass is 326 g/mol. The van der Waals surface area contributed by atoms with E-state index in [-0.39, 0.29) is 5.76 Å². The van der Waals surface area contributed by atoms with Crippen molar-refractivity contribution in [1.82, 2.24) is 5.43 Å². The van der Waals surface area contributed by atoms with Gasteiger partial charge in [0.05, 0.1) is 6.21 Å². The van der Waals surface area contributed by atoms with Crippen LogP contribution >= 0.6 is 27.5 Å². The topological polar surface area (TPSA) is 54.6 Å². The lowest BCUT2D eigenvalue weighted by Gasteiger charge is -1.95. The summed E-state index contributed by atoms with van der Waals surface area (Å²) in [6, 6.07) is 10.3. The summed E-state index contributed by atoms with van der Waals surface area (Å²) in [5, 5.41) is 4.46. The summed E-state index contributed by atoms with van der Waals surface area (Å²) < 4.78 is 5.57. The van der Waals surface area contributed by atoms with Crippen molar-refractivity contribution in [2.24, 2.45) is 5.10 Å². The normalized spacial score (nSPS) is 10.8. The van der Waals surface area contributed by atoms with Gasteiger partial charge >= 0.3 is 5.91 Å². The SMILES string of the molecule is O=C(NN=Cc1ccc(Cl)cc1)c1ccc(Br)o1.